The fourth-order valence-corrected chi connectivity index (χ4v) is 5.28. The molecular formula is C32H29N5O3. The molecule has 1 aliphatic heterocycles. The van der Waals surface area contributed by atoms with Gasteiger partial charge in [0.1, 0.15) is 5.56 Å². The van der Waals surface area contributed by atoms with Crippen molar-refractivity contribution in [2.45, 2.75) is 32.7 Å². The second-order valence-corrected chi connectivity index (χ2v) is 10.0. The van der Waals surface area contributed by atoms with E-state index in [1.54, 1.807) is 34.5 Å². The van der Waals surface area contributed by atoms with E-state index < -0.39 is 6.04 Å². The lowest BCUT2D eigenvalue weighted by Crippen LogP contribution is -2.32. The van der Waals surface area contributed by atoms with Gasteiger partial charge in [-0.2, -0.15) is 5.10 Å². The number of pyridine rings is 1. The van der Waals surface area contributed by atoms with Gasteiger partial charge in [-0.05, 0) is 62.4 Å². The quantitative estimate of drug-likeness (QED) is 0.342. The number of hydrogen-bond donors (Lipinski definition) is 1. The summed E-state index contributed by atoms with van der Waals surface area (Å²) in [7, 11) is 0. The van der Waals surface area contributed by atoms with Crippen LogP contribution in [0, 0.1) is 24.7 Å². The topological polar surface area (TPSA) is 90.5 Å². The van der Waals surface area contributed by atoms with Crippen molar-refractivity contribution >= 4 is 22.3 Å². The van der Waals surface area contributed by atoms with Crippen LogP contribution in [0.4, 0.5) is 0 Å². The van der Waals surface area contributed by atoms with Crippen LogP contribution in [0.1, 0.15) is 53.1 Å². The third kappa shape index (κ3) is 4.76. The van der Waals surface area contributed by atoms with Gasteiger partial charge in [0.05, 0.1) is 17.1 Å². The van der Waals surface area contributed by atoms with Crippen molar-refractivity contribution < 1.29 is 9.53 Å². The van der Waals surface area contributed by atoms with E-state index in [1.807, 2.05) is 61.5 Å². The summed E-state index contributed by atoms with van der Waals surface area (Å²) in [5, 5.41) is 8.84. The highest BCUT2D eigenvalue weighted by Crippen LogP contribution is 2.24. The molecule has 0 radical (unpaired) electrons. The molecule has 1 saturated heterocycles. The number of aromatic nitrogens is 4. The summed E-state index contributed by atoms with van der Waals surface area (Å²) in [6, 6.07) is 18.4. The van der Waals surface area contributed by atoms with Crippen molar-refractivity contribution in [3.05, 3.63) is 106 Å². The van der Waals surface area contributed by atoms with Crippen LogP contribution in [0.3, 0.4) is 0 Å². The Morgan fingerprint density at radius 1 is 1.10 bits per heavy atom. The lowest BCUT2D eigenvalue weighted by atomic mass is 9.99. The fraction of sp³-hybridized carbons (Fsp3) is 0.250. The zero-order chi connectivity index (χ0) is 27.6. The van der Waals surface area contributed by atoms with Crippen LogP contribution < -0.4 is 10.9 Å². The van der Waals surface area contributed by atoms with Crippen molar-refractivity contribution in [1.82, 2.24) is 24.5 Å². The van der Waals surface area contributed by atoms with Gasteiger partial charge in [-0.1, -0.05) is 42.2 Å². The number of fused-ring (bicyclic) bond motifs is 2. The Morgan fingerprint density at radius 2 is 1.90 bits per heavy atom. The molecule has 2 aromatic carbocycles. The fourth-order valence-electron chi connectivity index (χ4n) is 5.28. The van der Waals surface area contributed by atoms with Gasteiger partial charge >= 0.3 is 0 Å². The minimum Gasteiger partial charge on any atom is -0.381 e. The second-order valence-electron chi connectivity index (χ2n) is 10.0. The number of benzene rings is 2. The van der Waals surface area contributed by atoms with Gasteiger partial charge in [0.25, 0.3) is 11.5 Å². The Bertz CT molecular complexity index is 1840. The minimum atomic E-state index is -0.500. The van der Waals surface area contributed by atoms with Crippen LogP contribution in [0.15, 0.2) is 77.9 Å². The Morgan fingerprint density at radius 3 is 2.70 bits per heavy atom. The number of carbonyl (C=O) groups is 1. The maximum absolute atomic E-state index is 14.2. The molecule has 4 heterocycles. The number of nitrogens with zero attached hydrogens (tertiary/aromatic N) is 4. The monoisotopic (exact) mass is 531 g/mol. The molecule has 1 aliphatic rings. The summed E-state index contributed by atoms with van der Waals surface area (Å²) < 4.78 is 8.73. The first-order valence-corrected chi connectivity index (χ1v) is 13.5. The Kier molecular flexibility index (Phi) is 6.89. The smallest absolute Gasteiger partial charge is 0.264 e. The van der Waals surface area contributed by atoms with Gasteiger partial charge in [-0.15, -0.1) is 0 Å². The summed E-state index contributed by atoms with van der Waals surface area (Å²) in [5.41, 5.74) is 3.37. The van der Waals surface area contributed by atoms with Crippen molar-refractivity contribution in [3.63, 3.8) is 0 Å². The van der Waals surface area contributed by atoms with Crippen molar-refractivity contribution in [2.24, 2.45) is 5.92 Å². The Balaban J connectivity index is 1.45. The third-order valence-electron chi connectivity index (χ3n) is 7.31. The normalized spacial score (nSPS) is 14.6. The predicted molar refractivity (Wildman–Crippen MR) is 154 cm³/mol. The van der Waals surface area contributed by atoms with Gasteiger partial charge < -0.3 is 10.1 Å². The first kappa shape index (κ1) is 25.5. The number of nitrogens with one attached hydrogen (secondary N) is 1. The highest BCUT2D eigenvalue weighted by molar-refractivity contribution is 6.01. The number of ether oxygens (including phenoxy) is 1. The van der Waals surface area contributed by atoms with Crippen molar-refractivity contribution in [2.75, 3.05) is 13.2 Å². The number of para-hydroxylation sites is 1. The molecule has 200 valence electrons. The predicted octanol–water partition coefficient (Wildman–Crippen LogP) is 4.61. The molecule has 0 unspecified atom stereocenters. The van der Waals surface area contributed by atoms with E-state index in [0.717, 1.165) is 18.2 Å². The van der Waals surface area contributed by atoms with Crippen molar-refractivity contribution in [3.8, 4) is 17.5 Å². The standard InChI is InChI=1S/C32H29N5O3/c1-21(34-31(38)28-22(2)35-36-17-7-16-33-30(28)36)27-20-25-9-6-8-24(13-12-23-14-18-40-19-15-23)29(25)32(39)37(27)26-10-4-3-5-11-26/h3-11,16-17,20-21,23H,14-15,18-19H2,1-2H3,(H,34,38)/t21-/m1/s1. The van der Waals surface area contributed by atoms with E-state index in [0.29, 0.717) is 52.4 Å². The molecule has 1 N–H and O–H groups in total. The lowest BCUT2D eigenvalue weighted by Gasteiger charge is -2.21. The molecule has 1 fully saturated rings. The molecule has 3 aromatic heterocycles. The van der Waals surface area contributed by atoms with Crippen LogP contribution in [0.25, 0.3) is 22.1 Å². The maximum atomic E-state index is 14.2. The average Bonchev–Trinajstić information content (AvgIpc) is 3.32. The SMILES string of the molecule is Cc1nn2cccnc2c1C(=O)N[C@H](C)c1cc2cccc(C#CC3CCOCC3)c2c(=O)n1-c1ccccc1. The van der Waals surface area contributed by atoms with Crippen LogP contribution in [0.5, 0.6) is 0 Å². The van der Waals surface area contributed by atoms with Gasteiger partial charge in [0, 0.05) is 48.5 Å². The zero-order valence-electron chi connectivity index (χ0n) is 22.4. The molecule has 1 amide bonds. The molecule has 0 bridgehead atoms. The minimum absolute atomic E-state index is 0.175. The van der Waals surface area contributed by atoms with E-state index in [2.05, 4.69) is 27.2 Å². The van der Waals surface area contributed by atoms with E-state index in [4.69, 9.17) is 4.74 Å². The molecule has 0 aliphatic carbocycles. The molecular weight excluding hydrogens is 502 g/mol. The largest absolute Gasteiger partial charge is 0.381 e. The number of aryl methyl sites for hydroxylation is 1. The van der Waals surface area contributed by atoms with Gasteiger partial charge in [-0.3, -0.25) is 14.2 Å². The highest BCUT2D eigenvalue weighted by atomic mass is 16.5. The molecule has 8 nitrogen and oxygen atoms in total. The second kappa shape index (κ2) is 10.8. The molecule has 0 saturated carbocycles. The third-order valence-corrected chi connectivity index (χ3v) is 7.31. The molecule has 8 heteroatoms. The van der Waals surface area contributed by atoms with E-state index in [-0.39, 0.29) is 17.4 Å². The van der Waals surface area contributed by atoms with E-state index >= 15 is 0 Å². The molecule has 0 spiro atoms. The molecule has 6 rings (SSSR count). The number of rotatable bonds is 4. The summed E-state index contributed by atoms with van der Waals surface area (Å²) >= 11 is 0. The summed E-state index contributed by atoms with van der Waals surface area (Å²) in [6.07, 6.45) is 5.19. The summed E-state index contributed by atoms with van der Waals surface area (Å²) in [6.45, 7) is 5.09. The maximum Gasteiger partial charge on any atom is 0.264 e. The van der Waals surface area contributed by atoms with Crippen molar-refractivity contribution in [1.29, 1.82) is 0 Å². The van der Waals surface area contributed by atoms with Crippen LogP contribution in [0.2, 0.25) is 0 Å². The highest BCUT2D eigenvalue weighted by Gasteiger charge is 2.23. The number of carbonyl (C=O) groups excluding carboxylic acids is 1. The average molecular weight is 532 g/mol. The number of hydrogen-bond acceptors (Lipinski definition) is 5. The zero-order valence-corrected chi connectivity index (χ0v) is 22.4. The lowest BCUT2D eigenvalue weighted by molar-refractivity contribution is 0.0807. The first-order valence-electron chi connectivity index (χ1n) is 13.5. The van der Waals surface area contributed by atoms with Crippen LogP contribution in [-0.4, -0.2) is 38.3 Å². The molecule has 5 aromatic rings. The van der Waals surface area contributed by atoms with Gasteiger partial charge in [-0.25, -0.2) is 9.50 Å². The molecule has 1 atom stereocenters. The van der Waals surface area contributed by atoms with E-state index in [9.17, 15) is 9.59 Å². The number of amides is 1. The molecule has 40 heavy (non-hydrogen) atoms. The Hall–Kier alpha value is -4.74. The first-order chi connectivity index (χ1) is 19.5. The van der Waals surface area contributed by atoms with Gasteiger partial charge in [0.15, 0.2) is 5.65 Å². The summed E-state index contributed by atoms with van der Waals surface area (Å²) in [4.78, 5) is 32.0. The van der Waals surface area contributed by atoms with E-state index in [1.165, 1.54) is 0 Å². The van der Waals surface area contributed by atoms with Crippen LogP contribution in [-0.2, 0) is 4.74 Å². The van der Waals surface area contributed by atoms with Gasteiger partial charge in [0.2, 0.25) is 0 Å². The van der Waals surface area contributed by atoms with Crippen LogP contribution >= 0.6 is 0 Å². The Labute approximate surface area is 231 Å². The summed E-state index contributed by atoms with van der Waals surface area (Å²) in [5.74, 6) is 6.61.